The summed E-state index contributed by atoms with van der Waals surface area (Å²) in [6.45, 7) is 2.94. The number of halogens is 1. The molecule has 1 aromatic carbocycles. The molecule has 1 aliphatic heterocycles. The smallest absolute Gasteiger partial charge is 0.244 e. The van der Waals surface area contributed by atoms with Crippen molar-refractivity contribution in [1.82, 2.24) is 4.72 Å². The first-order chi connectivity index (χ1) is 8.84. The highest BCUT2D eigenvalue weighted by Crippen LogP contribution is 2.30. The number of nitrogens with one attached hydrogen (secondary N) is 1. The molecule has 0 saturated carbocycles. The van der Waals surface area contributed by atoms with Crippen molar-refractivity contribution in [1.29, 1.82) is 0 Å². The number of rotatable bonds is 3. The molecule has 0 radical (unpaired) electrons. The number of benzene rings is 1. The summed E-state index contributed by atoms with van der Waals surface area (Å²) in [5, 5.41) is 0.128. The molecule has 0 aliphatic carbocycles. The molecule has 5 nitrogen and oxygen atoms in total. The second kappa shape index (κ2) is 5.28. The molecule has 1 saturated heterocycles. The lowest BCUT2D eigenvalue weighted by Crippen LogP contribution is -2.49. The van der Waals surface area contributed by atoms with E-state index in [2.05, 4.69) is 4.72 Å². The van der Waals surface area contributed by atoms with Gasteiger partial charge in [0.15, 0.2) is 0 Å². The molecule has 1 fully saturated rings. The topological polar surface area (TPSA) is 81.4 Å². The average molecular weight is 305 g/mol. The molecule has 0 unspecified atom stereocenters. The van der Waals surface area contributed by atoms with E-state index < -0.39 is 15.6 Å². The zero-order valence-electron chi connectivity index (χ0n) is 10.6. The number of hydrogen-bond acceptors (Lipinski definition) is 4. The fraction of sp³-hybridized carbons (Fsp3) is 0.500. The summed E-state index contributed by atoms with van der Waals surface area (Å²) in [5.41, 5.74) is 5.35. The van der Waals surface area contributed by atoms with E-state index in [4.69, 9.17) is 22.1 Å². The van der Waals surface area contributed by atoms with E-state index >= 15 is 0 Å². The van der Waals surface area contributed by atoms with Crippen LogP contribution in [0.4, 0.5) is 5.69 Å². The van der Waals surface area contributed by atoms with Gasteiger partial charge in [-0.25, -0.2) is 13.1 Å². The zero-order chi connectivity index (χ0) is 14.1. The van der Waals surface area contributed by atoms with Gasteiger partial charge in [-0.3, -0.25) is 0 Å². The first-order valence-corrected chi connectivity index (χ1v) is 7.86. The average Bonchev–Trinajstić information content (AvgIpc) is 2.27. The molecule has 3 N–H and O–H groups in total. The van der Waals surface area contributed by atoms with Crippen LogP contribution in [0.1, 0.15) is 19.8 Å². The van der Waals surface area contributed by atoms with Crippen LogP contribution in [0.3, 0.4) is 0 Å². The van der Waals surface area contributed by atoms with Crippen LogP contribution in [0.2, 0.25) is 5.02 Å². The van der Waals surface area contributed by atoms with Gasteiger partial charge in [-0.15, -0.1) is 0 Å². The number of nitrogen functional groups attached to an aromatic ring is 1. The van der Waals surface area contributed by atoms with Crippen LogP contribution in [0.15, 0.2) is 23.1 Å². The molecule has 0 bridgehead atoms. The predicted molar refractivity (Wildman–Crippen MR) is 74.6 cm³/mol. The van der Waals surface area contributed by atoms with Gasteiger partial charge in [0.2, 0.25) is 10.0 Å². The first kappa shape index (κ1) is 14.6. The maximum Gasteiger partial charge on any atom is 0.244 e. The van der Waals surface area contributed by atoms with Gasteiger partial charge in [-0.2, -0.15) is 0 Å². The van der Waals surface area contributed by atoms with Crippen LogP contribution in [0.25, 0.3) is 0 Å². The third kappa shape index (κ3) is 3.20. The maximum absolute atomic E-state index is 12.4. The van der Waals surface area contributed by atoms with Crippen molar-refractivity contribution in [3.63, 3.8) is 0 Å². The summed E-state index contributed by atoms with van der Waals surface area (Å²) in [6.07, 6.45) is 1.24. The third-order valence-corrected chi connectivity index (χ3v) is 5.42. The number of hydrogen-bond donors (Lipinski definition) is 2. The maximum atomic E-state index is 12.4. The second-order valence-corrected chi connectivity index (χ2v) is 6.96. The van der Waals surface area contributed by atoms with E-state index in [1.54, 1.807) is 6.07 Å². The van der Waals surface area contributed by atoms with E-state index in [1.807, 2.05) is 6.92 Å². The molecule has 7 heteroatoms. The fourth-order valence-electron chi connectivity index (χ4n) is 2.11. The van der Waals surface area contributed by atoms with E-state index in [1.165, 1.54) is 12.1 Å². The Bertz CT molecular complexity index is 548. The Morgan fingerprint density at radius 2 is 2.00 bits per heavy atom. The lowest BCUT2D eigenvalue weighted by atomic mass is 9.94. The quantitative estimate of drug-likeness (QED) is 0.834. The van der Waals surface area contributed by atoms with Gasteiger partial charge < -0.3 is 10.5 Å². The largest absolute Gasteiger partial charge is 0.398 e. The summed E-state index contributed by atoms with van der Waals surface area (Å²) in [7, 11) is -3.74. The van der Waals surface area contributed by atoms with E-state index in [-0.39, 0.29) is 15.6 Å². The molecular formula is C12H17ClN2O3S. The minimum atomic E-state index is -3.74. The van der Waals surface area contributed by atoms with Crippen molar-refractivity contribution in [3.8, 4) is 0 Å². The van der Waals surface area contributed by atoms with Crippen LogP contribution in [0, 0.1) is 0 Å². The number of ether oxygens (including phenoxy) is 1. The van der Waals surface area contributed by atoms with Gasteiger partial charge in [0.05, 0.1) is 10.7 Å². The SMILES string of the molecule is CC1(NS(=O)(=O)c2c(N)cccc2Cl)CCOCC1. The highest BCUT2D eigenvalue weighted by molar-refractivity contribution is 7.89. The summed E-state index contributed by atoms with van der Waals surface area (Å²) in [4.78, 5) is -0.0515. The summed E-state index contributed by atoms with van der Waals surface area (Å²) >= 11 is 5.95. The van der Waals surface area contributed by atoms with Gasteiger partial charge in [0, 0.05) is 18.8 Å². The molecule has 0 atom stereocenters. The summed E-state index contributed by atoms with van der Waals surface area (Å²) in [5.74, 6) is 0. The van der Waals surface area contributed by atoms with Gasteiger partial charge in [-0.05, 0) is 31.9 Å². The minimum absolute atomic E-state index is 0.0515. The van der Waals surface area contributed by atoms with Crippen molar-refractivity contribution in [2.45, 2.75) is 30.2 Å². The van der Waals surface area contributed by atoms with Crippen LogP contribution in [-0.2, 0) is 14.8 Å². The Balaban J connectivity index is 2.33. The Hall–Kier alpha value is -0.820. The van der Waals surface area contributed by atoms with E-state index in [0.29, 0.717) is 26.1 Å². The molecule has 1 heterocycles. The molecule has 19 heavy (non-hydrogen) atoms. The Morgan fingerprint density at radius 1 is 1.37 bits per heavy atom. The van der Waals surface area contributed by atoms with Crippen molar-refractivity contribution >= 4 is 27.3 Å². The van der Waals surface area contributed by atoms with Gasteiger partial charge in [0.1, 0.15) is 4.90 Å². The highest BCUT2D eigenvalue weighted by atomic mass is 35.5. The molecule has 1 aromatic rings. The fourth-order valence-corrected chi connectivity index (χ4v) is 4.25. The zero-order valence-corrected chi connectivity index (χ0v) is 12.2. The summed E-state index contributed by atoms with van der Waals surface area (Å²) in [6, 6.07) is 4.65. The normalized spacial score (nSPS) is 19.3. The van der Waals surface area contributed by atoms with Gasteiger partial charge in [0.25, 0.3) is 0 Å². The molecule has 0 spiro atoms. The van der Waals surface area contributed by atoms with Crippen molar-refractivity contribution in [2.75, 3.05) is 18.9 Å². The predicted octanol–water partition coefficient (Wildman–Crippen LogP) is 1.77. The third-order valence-electron chi connectivity index (χ3n) is 3.24. The van der Waals surface area contributed by atoms with E-state index in [9.17, 15) is 8.42 Å². The number of nitrogens with two attached hydrogens (primary N) is 1. The highest BCUT2D eigenvalue weighted by Gasteiger charge is 2.34. The van der Waals surface area contributed by atoms with Gasteiger partial charge in [-0.1, -0.05) is 17.7 Å². The first-order valence-electron chi connectivity index (χ1n) is 6.00. The van der Waals surface area contributed by atoms with Crippen LogP contribution >= 0.6 is 11.6 Å². The Kier molecular flexibility index (Phi) is 4.06. The lowest BCUT2D eigenvalue weighted by Gasteiger charge is -2.34. The van der Waals surface area contributed by atoms with E-state index in [0.717, 1.165) is 0 Å². The molecule has 1 aliphatic rings. The molecule has 106 valence electrons. The molecule has 2 rings (SSSR count). The Morgan fingerprint density at radius 3 is 2.58 bits per heavy atom. The van der Waals surface area contributed by atoms with Crippen LogP contribution < -0.4 is 10.5 Å². The van der Waals surface area contributed by atoms with Crippen molar-refractivity contribution in [3.05, 3.63) is 23.2 Å². The standard InChI is InChI=1S/C12H17ClN2O3S/c1-12(5-7-18-8-6-12)15-19(16,17)11-9(13)3-2-4-10(11)14/h2-4,15H,5-8,14H2,1H3. The lowest BCUT2D eigenvalue weighted by molar-refractivity contribution is 0.0537. The number of anilines is 1. The molecular weight excluding hydrogens is 288 g/mol. The second-order valence-electron chi connectivity index (χ2n) is 4.94. The molecule has 0 aromatic heterocycles. The number of sulfonamides is 1. The minimum Gasteiger partial charge on any atom is -0.398 e. The van der Waals surface area contributed by atoms with Crippen molar-refractivity contribution < 1.29 is 13.2 Å². The monoisotopic (exact) mass is 304 g/mol. The Labute approximate surface area is 118 Å². The van der Waals surface area contributed by atoms with Gasteiger partial charge >= 0.3 is 0 Å². The van der Waals surface area contributed by atoms with Crippen LogP contribution in [-0.4, -0.2) is 27.2 Å². The van der Waals surface area contributed by atoms with Crippen LogP contribution in [0.5, 0.6) is 0 Å². The van der Waals surface area contributed by atoms with Crippen molar-refractivity contribution in [2.24, 2.45) is 0 Å². The summed E-state index contributed by atoms with van der Waals surface area (Å²) < 4.78 is 32.8. The molecule has 0 amide bonds.